The number of carbonyl (C=O) groups is 2. The number of nitrogens with one attached hydrogen (secondary N) is 1. The minimum Gasteiger partial charge on any atom is -0.504 e. The summed E-state index contributed by atoms with van der Waals surface area (Å²) in [6.07, 6.45) is 2.80. The number of ether oxygens (including phenoxy) is 2. The third-order valence-corrected chi connectivity index (χ3v) is 5.02. The molecule has 0 atom stereocenters. The molecule has 1 heterocycles. The van der Waals surface area contributed by atoms with E-state index in [4.69, 9.17) is 9.47 Å². The number of phenols is 2. The van der Waals surface area contributed by atoms with Crippen LogP contribution in [0.5, 0.6) is 23.0 Å². The third-order valence-electron chi connectivity index (χ3n) is 5.02. The molecule has 1 aliphatic heterocycles. The molecular weight excluding hydrogens is 583 g/mol. The molecule has 0 fully saturated rings. The van der Waals surface area contributed by atoms with E-state index in [1.54, 1.807) is 36.4 Å². The van der Waals surface area contributed by atoms with E-state index in [1.807, 2.05) is 0 Å². The Hall–Kier alpha value is -3.04. The van der Waals surface area contributed by atoms with Crippen LogP contribution in [-0.4, -0.2) is 48.7 Å². The van der Waals surface area contributed by atoms with Crippen LogP contribution in [0.2, 0.25) is 0 Å². The van der Waals surface area contributed by atoms with Crippen molar-refractivity contribution in [3.05, 3.63) is 78.2 Å². The molecule has 9 nitrogen and oxygen atoms in total. The molecule has 0 aliphatic carbocycles. The number of amides is 2. The number of fused-ring (bicyclic) bond motifs is 1. The van der Waals surface area contributed by atoms with Gasteiger partial charge in [-0.3, -0.25) is 24.9 Å². The maximum Gasteiger partial charge on any atom is 0.259 e. The van der Waals surface area contributed by atoms with Gasteiger partial charge >= 0.3 is 0 Å². The first-order valence-corrected chi connectivity index (χ1v) is 9.76. The maximum absolute atomic E-state index is 12.1. The van der Waals surface area contributed by atoms with Crippen molar-refractivity contribution in [2.75, 3.05) is 14.2 Å². The second-order valence-corrected chi connectivity index (χ2v) is 6.98. The van der Waals surface area contributed by atoms with Gasteiger partial charge in [0.15, 0.2) is 23.0 Å². The molecule has 1 aliphatic rings. The van der Waals surface area contributed by atoms with Crippen LogP contribution in [0.3, 0.4) is 0 Å². The number of nitrogens with zero attached hydrogens (tertiary/aromatic N) is 2. The number of methoxy groups -OCH3 is 2. The van der Waals surface area contributed by atoms with Gasteiger partial charge in [0, 0.05) is 73.3 Å². The molecule has 0 saturated heterocycles. The van der Waals surface area contributed by atoms with E-state index in [9.17, 15) is 19.8 Å². The molecule has 3 aromatic rings. The number of benzene rings is 3. The first-order chi connectivity index (χ1) is 15.9. The molecule has 3 N–H and O–H groups in total. The largest absolute Gasteiger partial charge is 0.504 e. The summed E-state index contributed by atoms with van der Waals surface area (Å²) in [5.74, 6) is -0.684. The molecule has 0 unspecified atom stereocenters. The number of carbonyl (C=O) groups excluding carboxylic acids is 2. The number of rotatable bonds is 6. The fraction of sp³-hybridized carbons (Fsp3) is 0.0800. The normalized spacial score (nSPS) is 11.8. The quantitative estimate of drug-likeness (QED) is 0.169. The molecule has 1 radical (unpaired) electrons. The number of para-hydroxylation sites is 2. The van der Waals surface area contributed by atoms with E-state index in [-0.39, 0.29) is 103 Å². The zero-order valence-corrected chi connectivity index (χ0v) is 23.6. The Bertz CT molecular complexity index is 1240. The number of phenolic OH excluding ortho intramolecular Hbond substituents is 2. The van der Waals surface area contributed by atoms with Gasteiger partial charge in [0.1, 0.15) is 0 Å². The number of hydrogen-bond donors (Lipinski definition) is 3. The molecule has 185 valence electrons. The Morgan fingerprint density at radius 2 is 1.17 bits per heavy atom. The molecule has 0 saturated carbocycles. The van der Waals surface area contributed by atoms with Crippen molar-refractivity contribution in [1.82, 2.24) is 5.32 Å². The van der Waals surface area contributed by atoms with E-state index < -0.39 is 11.8 Å². The summed E-state index contributed by atoms with van der Waals surface area (Å²) < 4.78 is 10.2. The summed E-state index contributed by atoms with van der Waals surface area (Å²) >= 11 is 0. The molecule has 2 amide bonds. The van der Waals surface area contributed by atoms with Crippen molar-refractivity contribution in [2.45, 2.75) is 0 Å². The van der Waals surface area contributed by atoms with Crippen LogP contribution in [0.1, 0.15) is 31.8 Å². The molecule has 0 spiro atoms. The summed E-state index contributed by atoms with van der Waals surface area (Å²) in [7, 11) is 2.87. The third kappa shape index (κ3) is 6.20. The van der Waals surface area contributed by atoms with Crippen molar-refractivity contribution >= 4 is 35.6 Å². The zero-order valence-electron chi connectivity index (χ0n) is 19.6. The SMILES string of the molecule is COc1cccc(C=Nc2cc3c(cc2N=Cc2cccc(OC)c2O)C(=O)NC3=O)c1O.[CH3-].[Fe].[Y]. The fourth-order valence-electron chi connectivity index (χ4n) is 3.29. The van der Waals surface area contributed by atoms with Crippen LogP contribution in [0, 0.1) is 7.43 Å². The monoisotopic (exact) mass is 605 g/mol. The molecule has 4 rings (SSSR count). The molecular formula is C25H22FeN3O6Y-. The van der Waals surface area contributed by atoms with Crippen molar-refractivity contribution in [3.63, 3.8) is 0 Å². The van der Waals surface area contributed by atoms with E-state index >= 15 is 0 Å². The van der Waals surface area contributed by atoms with Crippen LogP contribution < -0.4 is 14.8 Å². The first kappa shape index (κ1) is 31.0. The summed E-state index contributed by atoms with van der Waals surface area (Å²) in [5, 5.41) is 22.8. The first-order valence-electron chi connectivity index (χ1n) is 9.76. The Balaban J connectivity index is 0.00000216. The van der Waals surface area contributed by atoms with Crippen molar-refractivity contribution < 1.29 is 79.1 Å². The summed E-state index contributed by atoms with van der Waals surface area (Å²) in [4.78, 5) is 33.0. The second-order valence-electron chi connectivity index (χ2n) is 6.98. The smallest absolute Gasteiger partial charge is 0.259 e. The molecule has 3 aromatic carbocycles. The van der Waals surface area contributed by atoms with Gasteiger partial charge in [0.25, 0.3) is 11.8 Å². The summed E-state index contributed by atoms with van der Waals surface area (Å²) in [6.45, 7) is 0. The molecule has 11 heteroatoms. The second kappa shape index (κ2) is 13.3. The molecule has 36 heavy (non-hydrogen) atoms. The number of aliphatic imine (C=N–C) groups is 2. The van der Waals surface area contributed by atoms with E-state index in [2.05, 4.69) is 15.3 Å². The average Bonchev–Trinajstić information content (AvgIpc) is 3.09. The molecule has 0 bridgehead atoms. The van der Waals surface area contributed by atoms with Gasteiger partial charge in [-0.15, -0.1) is 0 Å². The van der Waals surface area contributed by atoms with E-state index in [0.717, 1.165) is 0 Å². The Kier molecular flexibility index (Phi) is 11.5. The van der Waals surface area contributed by atoms with Crippen molar-refractivity contribution in [1.29, 1.82) is 0 Å². The topological polar surface area (TPSA) is 130 Å². The zero-order chi connectivity index (χ0) is 23.5. The van der Waals surface area contributed by atoms with Gasteiger partial charge < -0.3 is 27.1 Å². The number of aromatic hydroxyl groups is 2. The van der Waals surface area contributed by atoms with Gasteiger partial charge in [-0.25, -0.2) is 0 Å². The maximum atomic E-state index is 12.1. The van der Waals surface area contributed by atoms with Crippen LogP contribution >= 0.6 is 0 Å². The Morgan fingerprint density at radius 3 is 1.53 bits per heavy atom. The Labute approximate surface area is 244 Å². The minimum absolute atomic E-state index is 0. The van der Waals surface area contributed by atoms with Crippen LogP contribution in [0.25, 0.3) is 0 Å². The van der Waals surface area contributed by atoms with Crippen LogP contribution in [0.15, 0.2) is 58.5 Å². The van der Waals surface area contributed by atoms with E-state index in [0.29, 0.717) is 11.1 Å². The predicted molar refractivity (Wildman–Crippen MR) is 128 cm³/mol. The summed E-state index contributed by atoms with van der Waals surface area (Å²) in [5.41, 5.74) is 1.67. The molecule has 0 aromatic heterocycles. The van der Waals surface area contributed by atoms with Gasteiger partial charge in [-0.2, -0.15) is 0 Å². The number of hydrogen-bond acceptors (Lipinski definition) is 8. The minimum atomic E-state index is -0.531. The fourth-order valence-corrected chi connectivity index (χ4v) is 3.29. The average molecular weight is 605 g/mol. The van der Waals surface area contributed by atoms with E-state index in [1.165, 1.54) is 38.8 Å². The standard InChI is InChI=1S/C24H19N3O6.CH3.Fe.Y/c1-32-19-7-3-5-13(21(19)28)11-25-17-9-15-16(24(31)27-23(15)30)10-18(17)26-12-14-6-4-8-20(33-2)22(14)29;;;/h3-12,28-29H,1-2H3,(H,27,30,31);1H3;;/q;-1;;. The van der Waals surface area contributed by atoms with Crippen molar-refractivity contribution in [2.24, 2.45) is 9.98 Å². The van der Waals surface area contributed by atoms with Gasteiger partial charge in [-0.05, 0) is 36.4 Å². The summed E-state index contributed by atoms with van der Waals surface area (Å²) in [6, 6.07) is 12.8. The van der Waals surface area contributed by atoms with Gasteiger partial charge in [0.2, 0.25) is 0 Å². The predicted octanol–water partition coefficient (Wildman–Crippen LogP) is 3.95. The Morgan fingerprint density at radius 1 is 0.778 bits per heavy atom. The van der Waals surface area contributed by atoms with Crippen molar-refractivity contribution in [3.8, 4) is 23.0 Å². The van der Waals surface area contributed by atoms with Gasteiger partial charge in [0.05, 0.1) is 36.7 Å². The van der Waals surface area contributed by atoms with Crippen LogP contribution in [0.4, 0.5) is 11.4 Å². The van der Waals surface area contributed by atoms with Crippen LogP contribution in [-0.2, 0) is 49.8 Å². The van der Waals surface area contributed by atoms with Gasteiger partial charge in [-0.1, -0.05) is 12.1 Å². The number of imide groups is 1.